The van der Waals surface area contributed by atoms with Gasteiger partial charge in [0.05, 0.1) is 19.9 Å². The molecule has 0 aliphatic heterocycles. The largest absolute Gasteiger partial charge is 0.497 e. The van der Waals surface area contributed by atoms with Crippen LogP contribution in [-0.2, 0) is 19.8 Å². The Balaban J connectivity index is 2.20. The number of ether oxygens (including phenoxy) is 2. The normalized spacial score (nSPS) is 12.6. The third kappa shape index (κ3) is 4.35. The van der Waals surface area contributed by atoms with Crippen LogP contribution in [0.15, 0.2) is 58.6 Å². The molecular formula is C19H23NO5S. The van der Waals surface area contributed by atoms with E-state index in [0.717, 1.165) is 11.3 Å². The van der Waals surface area contributed by atoms with Crippen molar-refractivity contribution >= 4 is 15.8 Å². The van der Waals surface area contributed by atoms with Crippen LogP contribution in [0.4, 0.5) is 0 Å². The van der Waals surface area contributed by atoms with E-state index in [1.807, 2.05) is 38.1 Å². The summed E-state index contributed by atoms with van der Waals surface area (Å²) in [5, 5.41) is 3.87. The molecule has 26 heavy (non-hydrogen) atoms. The fourth-order valence-corrected chi connectivity index (χ4v) is 2.99. The molecule has 0 fully saturated rings. The van der Waals surface area contributed by atoms with Crippen LogP contribution in [0, 0.1) is 0 Å². The van der Waals surface area contributed by atoms with Gasteiger partial charge in [-0.25, -0.2) is 0 Å². The zero-order valence-corrected chi connectivity index (χ0v) is 16.3. The van der Waals surface area contributed by atoms with Gasteiger partial charge in [-0.1, -0.05) is 31.1 Å². The molecule has 0 unspecified atom stereocenters. The Labute approximate surface area is 154 Å². The third-order valence-corrected chi connectivity index (χ3v) is 5.46. The van der Waals surface area contributed by atoms with Gasteiger partial charge in [0, 0.05) is 5.41 Å². The third-order valence-electron chi connectivity index (χ3n) is 4.34. The number of hydrogen-bond acceptors (Lipinski definition) is 6. The van der Waals surface area contributed by atoms with Crippen LogP contribution in [-0.4, -0.2) is 28.3 Å². The fraction of sp³-hybridized carbons (Fsp3) is 0.316. The predicted octanol–water partition coefficient (Wildman–Crippen LogP) is 3.76. The maximum Gasteiger partial charge on any atom is 0.358 e. The highest BCUT2D eigenvalue weighted by molar-refractivity contribution is 7.86. The summed E-state index contributed by atoms with van der Waals surface area (Å²) >= 11 is 0. The number of nitrogens with zero attached hydrogens (tertiary/aromatic N) is 1. The number of benzene rings is 2. The molecule has 0 N–H and O–H groups in total. The van der Waals surface area contributed by atoms with Crippen LogP contribution in [0.5, 0.6) is 11.5 Å². The Kier molecular flexibility index (Phi) is 5.92. The standard InChI is InChI=1S/C19H23NO5S/c1-14(19(2,3)15-6-8-16(23-4)9-7-15)20-25-26(21,22)18-12-10-17(24-5)11-13-18/h6-13H,1-5H3/b20-14+. The summed E-state index contributed by atoms with van der Waals surface area (Å²) in [5.41, 5.74) is 0.978. The quantitative estimate of drug-likeness (QED) is 0.542. The number of oxime groups is 1. The van der Waals surface area contributed by atoms with Gasteiger partial charge in [-0.3, -0.25) is 4.28 Å². The first-order valence-electron chi connectivity index (χ1n) is 7.98. The molecule has 0 amide bonds. The van der Waals surface area contributed by atoms with E-state index < -0.39 is 15.5 Å². The van der Waals surface area contributed by atoms with Crippen molar-refractivity contribution in [3.63, 3.8) is 0 Å². The summed E-state index contributed by atoms with van der Waals surface area (Å²) in [6.07, 6.45) is 0. The molecule has 7 heteroatoms. The van der Waals surface area contributed by atoms with E-state index >= 15 is 0 Å². The van der Waals surface area contributed by atoms with Gasteiger partial charge in [0.1, 0.15) is 16.4 Å². The molecule has 0 bridgehead atoms. The van der Waals surface area contributed by atoms with Gasteiger partial charge < -0.3 is 9.47 Å². The second kappa shape index (κ2) is 7.78. The fourth-order valence-electron chi connectivity index (χ4n) is 2.22. The summed E-state index contributed by atoms with van der Waals surface area (Å²) in [6, 6.07) is 13.4. The van der Waals surface area contributed by atoms with Crippen LogP contribution < -0.4 is 9.47 Å². The van der Waals surface area contributed by atoms with Crippen molar-refractivity contribution in [3.8, 4) is 11.5 Å². The first kappa shape index (κ1) is 19.8. The Morgan fingerprint density at radius 2 is 1.35 bits per heavy atom. The predicted molar refractivity (Wildman–Crippen MR) is 100 cm³/mol. The van der Waals surface area contributed by atoms with Gasteiger partial charge in [0.2, 0.25) is 0 Å². The highest BCUT2D eigenvalue weighted by Gasteiger charge is 2.26. The van der Waals surface area contributed by atoms with E-state index in [-0.39, 0.29) is 4.90 Å². The maximum absolute atomic E-state index is 12.3. The summed E-state index contributed by atoms with van der Waals surface area (Å²) in [4.78, 5) is 0.0112. The SMILES string of the molecule is COc1ccc(C(C)(C)/C(C)=N/OS(=O)(=O)c2ccc(OC)cc2)cc1. The molecule has 0 spiro atoms. The Morgan fingerprint density at radius 1 is 0.885 bits per heavy atom. The lowest BCUT2D eigenvalue weighted by Gasteiger charge is -2.24. The molecule has 2 rings (SSSR count). The van der Waals surface area contributed by atoms with Crippen molar-refractivity contribution in [1.82, 2.24) is 0 Å². The van der Waals surface area contributed by atoms with Gasteiger partial charge in [0.25, 0.3) is 0 Å². The van der Waals surface area contributed by atoms with E-state index in [2.05, 4.69) is 5.16 Å². The smallest absolute Gasteiger partial charge is 0.358 e. The lowest BCUT2D eigenvalue weighted by atomic mass is 9.81. The highest BCUT2D eigenvalue weighted by atomic mass is 32.2. The van der Waals surface area contributed by atoms with E-state index in [9.17, 15) is 8.42 Å². The number of rotatable bonds is 7. The maximum atomic E-state index is 12.3. The summed E-state index contributed by atoms with van der Waals surface area (Å²) in [6.45, 7) is 5.61. The molecule has 0 heterocycles. The van der Waals surface area contributed by atoms with Gasteiger partial charge in [0.15, 0.2) is 0 Å². The first-order valence-corrected chi connectivity index (χ1v) is 9.39. The minimum Gasteiger partial charge on any atom is -0.497 e. The van der Waals surface area contributed by atoms with Crippen molar-refractivity contribution in [1.29, 1.82) is 0 Å². The molecule has 0 aliphatic rings. The average Bonchev–Trinajstić information content (AvgIpc) is 2.66. The Morgan fingerprint density at radius 3 is 1.81 bits per heavy atom. The zero-order valence-electron chi connectivity index (χ0n) is 15.5. The molecule has 2 aromatic carbocycles. The monoisotopic (exact) mass is 377 g/mol. The van der Waals surface area contributed by atoms with Crippen molar-refractivity contribution in [3.05, 3.63) is 54.1 Å². The zero-order chi connectivity index (χ0) is 19.4. The van der Waals surface area contributed by atoms with E-state index in [1.54, 1.807) is 26.2 Å². The van der Waals surface area contributed by atoms with Crippen molar-refractivity contribution < 1.29 is 22.2 Å². The molecule has 2 aromatic rings. The van der Waals surface area contributed by atoms with E-state index in [4.69, 9.17) is 13.8 Å². The lowest BCUT2D eigenvalue weighted by molar-refractivity contribution is 0.334. The minimum atomic E-state index is -4.00. The molecule has 0 aliphatic carbocycles. The van der Waals surface area contributed by atoms with Gasteiger partial charge in [-0.15, -0.1) is 0 Å². The molecule has 0 atom stereocenters. The average molecular weight is 377 g/mol. The van der Waals surface area contributed by atoms with Gasteiger partial charge >= 0.3 is 10.1 Å². The van der Waals surface area contributed by atoms with Crippen LogP contribution >= 0.6 is 0 Å². The van der Waals surface area contributed by atoms with Crippen LogP contribution in [0.1, 0.15) is 26.3 Å². The van der Waals surface area contributed by atoms with E-state index in [0.29, 0.717) is 11.5 Å². The lowest BCUT2D eigenvalue weighted by Crippen LogP contribution is -2.27. The van der Waals surface area contributed by atoms with Crippen LogP contribution in [0.25, 0.3) is 0 Å². The minimum absolute atomic E-state index is 0.0112. The Bertz CT molecular complexity index is 869. The molecule has 0 aromatic heterocycles. The Hall–Kier alpha value is -2.54. The summed E-state index contributed by atoms with van der Waals surface area (Å²) < 4.78 is 39.7. The molecular weight excluding hydrogens is 354 g/mol. The number of methoxy groups -OCH3 is 2. The summed E-state index contributed by atoms with van der Waals surface area (Å²) in [7, 11) is -0.886. The summed E-state index contributed by atoms with van der Waals surface area (Å²) in [5.74, 6) is 1.31. The van der Waals surface area contributed by atoms with Crippen molar-refractivity contribution in [2.24, 2.45) is 5.16 Å². The molecule has 0 saturated carbocycles. The van der Waals surface area contributed by atoms with E-state index in [1.165, 1.54) is 19.2 Å². The molecule has 0 radical (unpaired) electrons. The topological polar surface area (TPSA) is 74.2 Å². The second-order valence-corrected chi connectivity index (χ2v) is 7.76. The van der Waals surface area contributed by atoms with Crippen molar-refractivity contribution in [2.75, 3.05) is 14.2 Å². The van der Waals surface area contributed by atoms with Gasteiger partial charge in [-0.2, -0.15) is 8.42 Å². The van der Waals surface area contributed by atoms with Crippen LogP contribution in [0.3, 0.4) is 0 Å². The highest BCUT2D eigenvalue weighted by Crippen LogP contribution is 2.27. The molecule has 140 valence electrons. The number of hydrogen-bond donors (Lipinski definition) is 0. The molecule has 0 saturated heterocycles. The molecule has 6 nitrogen and oxygen atoms in total. The van der Waals surface area contributed by atoms with Crippen LogP contribution in [0.2, 0.25) is 0 Å². The second-order valence-electron chi connectivity index (χ2n) is 6.23. The first-order chi connectivity index (χ1) is 12.2. The van der Waals surface area contributed by atoms with Gasteiger partial charge in [-0.05, 0) is 48.9 Å². The van der Waals surface area contributed by atoms with Crippen molar-refractivity contribution in [2.45, 2.75) is 31.1 Å².